The summed E-state index contributed by atoms with van der Waals surface area (Å²) in [6, 6.07) is 9.59. The fraction of sp³-hybridized carbons (Fsp3) is 0.364. The average molecular weight is 407 g/mol. The molecule has 3 aliphatic heterocycles. The topological polar surface area (TPSA) is 83.8 Å². The summed E-state index contributed by atoms with van der Waals surface area (Å²) < 4.78 is 23.9. The van der Waals surface area contributed by atoms with E-state index in [0.717, 1.165) is 35.9 Å². The van der Waals surface area contributed by atoms with Crippen LogP contribution in [0.15, 0.2) is 35.1 Å². The maximum absolute atomic E-state index is 13.3. The lowest BCUT2D eigenvalue weighted by molar-refractivity contribution is 0.173. The molecule has 1 fully saturated rings. The quantitative estimate of drug-likeness (QED) is 0.715. The van der Waals surface area contributed by atoms with Crippen LogP contribution in [0.3, 0.4) is 0 Å². The molecule has 2 unspecified atom stereocenters. The van der Waals surface area contributed by atoms with Crippen molar-refractivity contribution in [2.75, 3.05) is 20.1 Å². The second-order valence-corrected chi connectivity index (χ2v) is 7.85. The van der Waals surface area contributed by atoms with E-state index in [1.807, 2.05) is 30.3 Å². The summed E-state index contributed by atoms with van der Waals surface area (Å²) in [7, 11) is 0. The fourth-order valence-electron chi connectivity index (χ4n) is 4.59. The molecule has 6 rings (SSSR count). The summed E-state index contributed by atoms with van der Waals surface area (Å²) >= 11 is 0. The van der Waals surface area contributed by atoms with Crippen LogP contribution < -0.4 is 30.0 Å². The van der Waals surface area contributed by atoms with Crippen LogP contribution in [-0.2, 0) is 0 Å². The van der Waals surface area contributed by atoms with Gasteiger partial charge in [-0.1, -0.05) is 0 Å². The van der Waals surface area contributed by atoms with Crippen LogP contribution in [0.25, 0.3) is 22.2 Å². The van der Waals surface area contributed by atoms with E-state index in [9.17, 15) is 4.79 Å². The van der Waals surface area contributed by atoms with Gasteiger partial charge in [0.05, 0.1) is 17.3 Å². The molecule has 3 aromatic rings. The van der Waals surface area contributed by atoms with E-state index < -0.39 is 0 Å². The zero-order chi connectivity index (χ0) is 20.2. The molecule has 0 saturated carbocycles. The van der Waals surface area contributed by atoms with Crippen molar-refractivity contribution in [1.29, 1.82) is 0 Å². The van der Waals surface area contributed by atoms with Gasteiger partial charge in [-0.2, -0.15) is 4.98 Å². The summed E-state index contributed by atoms with van der Waals surface area (Å²) in [5.74, 6) is 2.64. The van der Waals surface area contributed by atoms with Gasteiger partial charge in [0.25, 0.3) is 0 Å². The van der Waals surface area contributed by atoms with Crippen LogP contribution in [0.1, 0.15) is 25.8 Å². The third kappa shape index (κ3) is 2.64. The third-order valence-electron chi connectivity index (χ3n) is 6.15. The molecule has 4 heterocycles. The average Bonchev–Trinajstić information content (AvgIpc) is 3.52. The Kier molecular flexibility index (Phi) is 3.89. The molecule has 30 heavy (non-hydrogen) atoms. The van der Waals surface area contributed by atoms with Crippen LogP contribution in [-0.4, -0.2) is 35.7 Å². The normalized spacial score (nSPS) is 20.1. The summed E-state index contributed by atoms with van der Waals surface area (Å²) in [4.78, 5) is 17.8. The largest absolute Gasteiger partial charge is 0.454 e. The Labute approximate surface area is 172 Å². The standard InChI is InChI=1S/C22H21N3O5/c1-12(15-3-2-6-23-15)25-16-9-20-19(29-11-30-20)8-14(16)21(24-22(25)26)13-4-5-17-18(7-13)28-10-27-17/h4-5,7-9,12,15,23H,2-3,6,10-11H2,1H3. The lowest BCUT2D eigenvalue weighted by atomic mass is 10.0. The highest BCUT2D eigenvalue weighted by Gasteiger charge is 2.27. The van der Waals surface area contributed by atoms with Crippen LogP contribution >= 0.6 is 0 Å². The molecule has 1 N–H and O–H groups in total. The Balaban J connectivity index is 1.59. The van der Waals surface area contributed by atoms with E-state index in [-0.39, 0.29) is 31.4 Å². The smallest absolute Gasteiger partial charge is 0.348 e. The van der Waals surface area contributed by atoms with E-state index in [1.54, 1.807) is 4.57 Å². The number of rotatable bonds is 3. The molecular weight excluding hydrogens is 386 g/mol. The summed E-state index contributed by atoms with van der Waals surface area (Å²) in [5, 5.41) is 4.34. The van der Waals surface area contributed by atoms with E-state index in [0.29, 0.717) is 28.7 Å². The highest BCUT2D eigenvalue weighted by Crippen LogP contribution is 2.41. The maximum atomic E-state index is 13.3. The highest BCUT2D eigenvalue weighted by molar-refractivity contribution is 5.95. The van der Waals surface area contributed by atoms with Crippen molar-refractivity contribution in [1.82, 2.24) is 14.9 Å². The molecule has 2 aromatic carbocycles. The second kappa shape index (κ2) is 6.63. The minimum absolute atomic E-state index is 0.0406. The number of hydrogen-bond donors (Lipinski definition) is 1. The van der Waals surface area contributed by atoms with Gasteiger partial charge < -0.3 is 24.3 Å². The van der Waals surface area contributed by atoms with Crippen LogP contribution in [0, 0.1) is 0 Å². The molecular formula is C22H21N3O5. The Bertz CT molecular complexity index is 1220. The lowest BCUT2D eigenvalue weighted by Crippen LogP contribution is -2.37. The van der Waals surface area contributed by atoms with Crippen LogP contribution in [0.4, 0.5) is 0 Å². The number of fused-ring (bicyclic) bond motifs is 3. The SMILES string of the molecule is CC(C1CCCN1)n1c(=O)nc(-c2ccc3c(c2)OCO3)c2cc3c(cc21)OCO3. The highest BCUT2D eigenvalue weighted by atomic mass is 16.7. The van der Waals surface area contributed by atoms with Crippen molar-refractivity contribution in [3.8, 4) is 34.3 Å². The van der Waals surface area contributed by atoms with E-state index in [2.05, 4.69) is 17.2 Å². The number of aromatic nitrogens is 2. The molecule has 1 aromatic heterocycles. The van der Waals surface area contributed by atoms with Crippen molar-refractivity contribution in [2.24, 2.45) is 0 Å². The Morgan fingerprint density at radius 1 is 1.03 bits per heavy atom. The minimum atomic E-state index is -0.282. The van der Waals surface area contributed by atoms with Crippen LogP contribution in [0.5, 0.6) is 23.0 Å². The molecule has 0 aliphatic carbocycles. The van der Waals surface area contributed by atoms with Crippen molar-refractivity contribution in [2.45, 2.75) is 31.8 Å². The summed E-state index contributed by atoms with van der Waals surface area (Å²) in [5.41, 5.74) is 1.89. The summed E-state index contributed by atoms with van der Waals surface area (Å²) in [6.07, 6.45) is 2.14. The number of hydrogen-bond acceptors (Lipinski definition) is 7. The van der Waals surface area contributed by atoms with Gasteiger partial charge in [-0.05, 0) is 50.6 Å². The first-order valence-corrected chi connectivity index (χ1v) is 10.2. The first-order valence-electron chi connectivity index (χ1n) is 10.2. The predicted octanol–water partition coefficient (Wildman–Crippen LogP) is 2.83. The molecule has 0 amide bonds. The summed E-state index contributed by atoms with van der Waals surface area (Å²) in [6.45, 7) is 3.40. The minimum Gasteiger partial charge on any atom is -0.454 e. The van der Waals surface area contributed by atoms with Gasteiger partial charge in [0.15, 0.2) is 23.0 Å². The number of nitrogens with one attached hydrogen (secondary N) is 1. The van der Waals surface area contributed by atoms with Crippen molar-refractivity contribution in [3.63, 3.8) is 0 Å². The fourth-order valence-corrected chi connectivity index (χ4v) is 4.59. The van der Waals surface area contributed by atoms with Gasteiger partial charge in [-0.3, -0.25) is 4.57 Å². The molecule has 2 atom stereocenters. The van der Waals surface area contributed by atoms with E-state index >= 15 is 0 Å². The first-order chi connectivity index (χ1) is 14.7. The Morgan fingerprint density at radius 2 is 1.77 bits per heavy atom. The number of benzene rings is 2. The molecule has 0 spiro atoms. The van der Waals surface area contributed by atoms with E-state index in [1.165, 1.54) is 0 Å². The second-order valence-electron chi connectivity index (χ2n) is 7.85. The van der Waals surface area contributed by atoms with Gasteiger partial charge in [0.1, 0.15) is 0 Å². The van der Waals surface area contributed by atoms with Crippen molar-refractivity contribution in [3.05, 3.63) is 40.8 Å². The molecule has 3 aliphatic rings. The molecule has 8 heteroatoms. The Hall–Kier alpha value is -3.26. The predicted molar refractivity (Wildman–Crippen MR) is 109 cm³/mol. The first kappa shape index (κ1) is 17.6. The van der Waals surface area contributed by atoms with Crippen molar-refractivity contribution >= 4 is 10.9 Å². The van der Waals surface area contributed by atoms with Gasteiger partial charge in [-0.25, -0.2) is 4.79 Å². The molecule has 154 valence electrons. The molecule has 8 nitrogen and oxygen atoms in total. The van der Waals surface area contributed by atoms with Gasteiger partial charge in [0, 0.05) is 23.1 Å². The van der Waals surface area contributed by atoms with E-state index in [4.69, 9.17) is 18.9 Å². The molecule has 1 saturated heterocycles. The van der Waals surface area contributed by atoms with Gasteiger partial charge in [-0.15, -0.1) is 0 Å². The number of ether oxygens (including phenoxy) is 4. The van der Waals surface area contributed by atoms with Crippen molar-refractivity contribution < 1.29 is 18.9 Å². The lowest BCUT2D eigenvalue weighted by Gasteiger charge is -2.24. The van der Waals surface area contributed by atoms with Gasteiger partial charge in [0.2, 0.25) is 13.6 Å². The molecule has 0 bridgehead atoms. The van der Waals surface area contributed by atoms with Gasteiger partial charge >= 0.3 is 5.69 Å². The van der Waals surface area contributed by atoms with Crippen LogP contribution in [0.2, 0.25) is 0 Å². The third-order valence-corrected chi connectivity index (χ3v) is 6.15. The monoisotopic (exact) mass is 407 g/mol. The zero-order valence-corrected chi connectivity index (χ0v) is 16.5. The molecule has 0 radical (unpaired) electrons. The number of nitrogens with zero attached hydrogens (tertiary/aromatic N) is 2. The Morgan fingerprint density at radius 3 is 2.53 bits per heavy atom. The zero-order valence-electron chi connectivity index (χ0n) is 16.5. The maximum Gasteiger partial charge on any atom is 0.348 e.